The van der Waals surface area contributed by atoms with Crippen LogP contribution in [0.3, 0.4) is 0 Å². The smallest absolute Gasteiger partial charge is 0.317 e. The first-order chi connectivity index (χ1) is 13.1. The highest BCUT2D eigenvalue weighted by Gasteiger charge is 2.22. The summed E-state index contributed by atoms with van der Waals surface area (Å²) in [6, 6.07) is 13.0. The van der Waals surface area contributed by atoms with Crippen molar-refractivity contribution in [3.05, 3.63) is 58.7 Å². The Labute approximate surface area is 164 Å². The summed E-state index contributed by atoms with van der Waals surface area (Å²) in [5.74, 6) is 0.689. The normalized spacial score (nSPS) is 15.6. The first kappa shape index (κ1) is 19.0. The van der Waals surface area contributed by atoms with Crippen molar-refractivity contribution < 1.29 is 4.79 Å². The number of hydrogen-bond donors (Lipinski definition) is 1. The molecule has 1 N–H and O–H groups in total. The van der Waals surface area contributed by atoms with Gasteiger partial charge in [-0.1, -0.05) is 23.7 Å². The summed E-state index contributed by atoms with van der Waals surface area (Å²) in [6.45, 7) is 4.60. The van der Waals surface area contributed by atoms with Gasteiger partial charge >= 0.3 is 6.03 Å². The van der Waals surface area contributed by atoms with Crippen molar-refractivity contribution in [1.82, 2.24) is 15.2 Å². The number of benzene rings is 1. The van der Waals surface area contributed by atoms with Crippen molar-refractivity contribution in [1.29, 1.82) is 5.26 Å². The minimum absolute atomic E-state index is 0.0918. The van der Waals surface area contributed by atoms with E-state index < -0.39 is 0 Å². The van der Waals surface area contributed by atoms with E-state index in [1.54, 1.807) is 18.3 Å². The fraction of sp³-hybridized carbons (Fsp3) is 0.350. The fourth-order valence-electron chi connectivity index (χ4n) is 3.20. The summed E-state index contributed by atoms with van der Waals surface area (Å²) in [6.07, 6.45) is 2.51. The highest BCUT2D eigenvalue weighted by atomic mass is 35.5. The molecule has 1 saturated heterocycles. The highest BCUT2D eigenvalue weighted by Crippen LogP contribution is 2.20. The van der Waals surface area contributed by atoms with Crippen LogP contribution in [0.1, 0.15) is 30.5 Å². The van der Waals surface area contributed by atoms with Crippen molar-refractivity contribution in [3.8, 4) is 6.07 Å². The Kier molecular flexibility index (Phi) is 6.15. The number of pyridine rings is 1. The third-order valence-electron chi connectivity index (χ3n) is 4.68. The summed E-state index contributed by atoms with van der Waals surface area (Å²) in [5, 5.41) is 13.0. The second kappa shape index (κ2) is 8.74. The third-order valence-corrected chi connectivity index (χ3v) is 4.91. The van der Waals surface area contributed by atoms with E-state index in [1.807, 2.05) is 36.1 Å². The van der Waals surface area contributed by atoms with Gasteiger partial charge in [-0.15, -0.1) is 0 Å². The Morgan fingerprint density at radius 3 is 2.89 bits per heavy atom. The van der Waals surface area contributed by atoms with E-state index >= 15 is 0 Å². The zero-order chi connectivity index (χ0) is 19.2. The molecule has 3 rings (SSSR count). The third kappa shape index (κ3) is 4.69. The number of carbonyl (C=O) groups is 1. The molecule has 140 valence electrons. The average molecular weight is 384 g/mol. The Bertz CT molecular complexity index is 850. The molecule has 0 spiro atoms. The van der Waals surface area contributed by atoms with Crippen molar-refractivity contribution >= 4 is 23.4 Å². The number of nitrogens with one attached hydrogen (secondary N) is 1. The van der Waals surface area contributed by atoms with E-state index in [4.69, 9.17) is 11.6 Å². The van der Waals surface area contributed by atoms with Crippen LogP contribution >= 0.6 is 11.6 Å². The van der Waals surface area contributed by atoms with Crippen LogP contribution in [0.15, 0.2) is 42.6 Å². The first-order valence-corrected chi connectivity index (χ1v) is 9.37. The number of halogens is 1. The van der Waals surface area contributed by atoms with Crippen molar-refractivity contribution in [3.63, 3.8) is 0 Å². The number of rotatable bonds is 3. The molecule has 1 aromatic heterocycles. The van der Waals surface area contributed by atoms with Gasteiger partial charge in [0, 0.05) is 37.4 Å². The fourth-order valence-corrected chi connectivity index (χ4v) is 3.40. The molecule has 7 heteroatoms. The van der Waals surface area contributed by atoms with Crippen molar-refractivity contribution in [2.45, 2.75) is 19.4 Å². The molecule has 6 nitrogen and oxygen atoms in total. The second-order valence-corrected chi connectivity index (χ2v) is 6.98. The quantitative estimate of drug-likeness (QED) is 0.879. The van der Waals surface area contributed by atoms with Gasteiger partial charge in [-0.2, -0.15) is 5.26 Å². The molecular formula is C20H22ClN5O. The van der Waals surface area contributed by atoms with Gasteiger partial charge in [0.05, 0.1) is 11.6 Å². The second-order valence-electron chi connectivity index (χ2n) is 6.54. The summed E-state index contributed by atoms with van der Waals surface area (Å²) in [5.41, 5.74) is 1.53. The van der Waals surface area contributed by atoms with E-state index in [9.17, 15) is 10.1 Å². The number of nitrogens with zero attached hydrogens (tertiary/aromatic N) is 4. The van der Waals surface area contributed by atoms with Gasteiger partial charge in [-0.05, 0) is 43.2 Å². The Hall–Kier alpha value is -2.78. The lowest BCUT2D eigenvalue weighted by molar-refractivity contribution is 0.198. The van der Waals surface area contributed by atoms with Crippen LogP contribution in [0.2, 0.25) is 5.02 Å². The standard InChI is InChI=1S/C20H22ClN5O/c1-15(16-5-2-7-18(21)13-16)24-20(27)26-10-4-9-25(11-12-26)19-17(14-22)6-3-8-23-19/h2-3,5-8,13,15H,4,9-12H2,1H3,(H,24,27). The maximum Gasteiger partial charge on any atom is 0.317 e. The number of nitriles is 1. The monoisotopic (exact) mass is 383 g/mol. The van der Waals surface area contributed by atoms with Gasteiger partial charge in [0.2, 0.25) is 0 Å². The van der Waals surface area contributed by atoms with Crippen molar-refractivity contribution in [2.24, 2.45) is 0 Å². The largest absolute Gasteiger partial charge is 0.354 e. The molecule has 0 bridgehead atoms. The molecule has 2 amide bonds. The molecule has 1 aromatic carbocycles. The first-order valence-electron chi connectivity index (χ1n) is 8.99. The predicted octanol–water partition coefficient (Wildman–Crippen LogP) is 3.59. The lowest BCUT2D eigenvalue weighted by Crippen LogP contribution is -2.43. The summed E-state index contributed by atoms with van der Waals surface area (Å²) >= 11 is 6.04. The SMILES string of the molecule is CC(NC(=O)N1CCCN(c2ncccc2C#N)CC1)c1cccc(Cl)c1. The molecule has 2 aromatic rings. The number of amides is 2. The predicted molar refractivity (Wildman–Crippen MR) is 106 cm³/mol. The molecule has 27 heavy (non-hydrogen) atoms. The molecule has 0 aliphatic carbocycles. The lowest BCUT2D eigenvalue weighted by atomic mass is 10.1. The van der Waals surface area contributed by atoms with E-state index in [1.165, 1.54) is 0 Å². The molecule has 1 aliphatic rings. The minimum Gasteiger partial charge on any atom is -0.354 e. The zero-order valence-electron chi connectivity index (χ0n) is 15.2. The maximum atomic E-state index is 12.7. The van der Waals surface area contributed by atoms with Gasteiger partial charge in [-0.3, -0.25) is 0 Å². The maximum absolute atomic E-state index is 12.7. The number of aromatic nitrogens is 1. The molecule has 1 unspecified atom stereocenters. The number of hydrogen-bond acceptors (Lipinski definition) is 4. The molecule has 2 heterocycles. The highest BCUT2D eigenvalue weighted by molar-refractivity contribution is 6.30. The van der Waals surface area contributed by atoms with Crippen LogP contribution in [0.4, 0.5) is 10.6 Å². The van der Waals surface area contributed by atoms with E-state index in [0.29, 0.717) is 36.0 Å². The van der Waals surface area contributed by atoms with Crippen LogP contribution in [0.5, 0.6) is 0 Å². The summed E-state index contributed by atoms with van der Waals surface area (Å²) in [4.78, 5) is 20.9. The van der Waals surface area contributed by atoms with Gasteiger partial charge in [0.1, 0.15) is 11.9 Å². The molecule has 1 aliphatic heterocycles. The van der Waals surface area contributed by atoms with Crippen LogP contribution in [-0.4, -0.2) is 42.1 Å². The topological polar surface area (TPSA) is 72.3 Å². The molecule has 0 saturated carbocycles. The van der Waals surface area contributed by atoms with Gasteiger partial charge < -0.3 is 15.1 Å². The molecule has 1 atom stereocenters. The Balaban J connectivity index is 1.62. The van der Waals surface area contributed by atoms with Crippen molar-refractivity contribution in [2.75, 3.05) is 31.1 Å². The molecular weight excluding hydrogens is 362 g/mol. The Morgan fingerprint density at radius 1 is 1.26 bits per heavy atom. The van der Waals surface area contributed by atoms with Gasteiger partial charge in [0.25, 0.3) is 0 Å². The zero-order valence-corrected chi connectivity index (χ0v) is 16.0. The Morgan fingerprint density at radius 2 is 2.11 bits per heavy atom. The molecule has 1 fully saturated rings. The van der Waals surface area contributed by atoms with E-state index in [0.717, 1.165) is 18.5 Å². The van der Waals surface area contributed by atoms with Crippen LogP contribution < -0.4 is 10.2 Å². The van der Waals surface area contributed by atoms with Crippen LogP contribution in [0, 0.1) is 11.3 Å². The lowest BCUT2D eigenvalue weighted by Gasteiger charge is -2.25. The van der Waals surface area contributed by atoms with E-state index in [-0.39, 0.29) is 12.1 Å². The van der Waals surface area contributed by atoms with E-state index in [2.05, 4.69) is 21.3 Å². The van der Waals surface area contributed by atoms with Crippen LogP contribution in [0.25, 0.3) is 0 Å². The number of carbonyl (C=O) groups excluding carboxylic acids is 1. The summed E-state index contributed by atoms with van der Waals surface area (Å²) in [7, 11) is 0. The minimum atomic E-state index is -0.128. The number of anilines is 1. The molecule has 0 radical (unpaired) electrons. The average Bonchev–Trinajstić information content (AvgIpc) is 2.94. The van der Waals surface area contributed by atoms with Gasteiger partial charge in [0.15, 0.2) is 0 Å². The number of urea groups is 1. The summed E-state index contributed by atoms with van der Waals surface area (Å²) < 4.78 is 0. The van der Waals surface area contributed by atoms with Gasteiger partial charge in [-0.25, -0.2) is 9.78 Å². The van der Waals surface area contributed by atoms with Crippen LogP contribution in [-0.2, 0) is 0 Å².